The van der Waals surface area contributed by atoms with Gasteiger partial charge in [0, 0.05) is 18.6 Å². The molecule has 16 heavy (non-hydrogen) atoms. The third-order valence-electron chi connectivity index (χ3n) is 2.76. The summed E-state index contributed by atoms with van der Waals surface area (Å²) in [5.74, 6) is -0.389. The molecule has 1 aromatic carbocycles. The van der Waals surface area contributed by atoms with Crippen LogP contribution >= 0.6 is 0 Å². The zero-order valence-corrected chi connectivity index (χ0v) is 9.24. The normalized spacial score (nSPS) is 18.1. The van der Waals surface area contributed by atoms with E-state index in [1.807, 2.05) is 6.92 Å². The van der Waals surface area contributed by atoms with Crippen LogP contribution in [-0.4, -0.2) is 29.4 Å². The third-order valence-corrected chi connectivity index (χ3v) is 2.76. The molecule has 0 unspecified atom stereocenters. The van der Waals surface area contributed by atoms with Crippen LogP contribution in [0, 0.1) is 5.82 Å². The molecule has 0 atom stereocenters. The molecule has 0 aliphatic carbocycles. The van der Waals surface area contributed by atoms with E-state index in [1.165, 1.54) is 6.07 Å². The Morgan fingerprint density at radius 3 is 2.69 bits per heavy atom. The number of rotatable bonds is 2. The number of nitrogens with zero attached hydrogens (tertiary/aromatic N) is 1. The van der Waals surface area contributed by atoms with Gasteiger partial charge < -0.3 is 10.6 Å². The van der Waals surface area contributed by atoms with Gasteiger partial charge >= 0.3 is 0 Å². The molecule has 1 saturated heterocycles. The molecule has 1 fully saturated rings. The molecule has 1 aromatic rings. The number of nitrogens with two attached hydrogens (primary N) is 1. The number of likely N-dealkylation sites (tertiary alicyclic amines) is 1. The lowest BCUT2D eigenvalue weighted by atomic mass is 9.93. The quantitative estimate of drug-likeness (QED) is 0.809. The molecule has 4 heteroatoms. The summed E-state index contributed by atoms with van der Waals surface area (Å²) in [7, 11) is 0. The number of halogens is 1. The van der Waals surface area contributed by atoms with E-state index in [0.29, 0.717) is 18.7 Å². The van der Waals surface area contributed by atoms with Gasteiger partial charge in [0.1, 0.15) is 5.82 Å². The van der Waals surface area contributed by atoms with Crippen molar-refractivity contribution in [1.29, 1.82) is 0 Å². The predicted molar refractivity (Wildman–Crippen MR) is 59.3 cm³/mol. The SMILES string of the molecule is CC1(N)CN(C(=O)Cc2ccccc2F)C1. The highest BCUT2D eigenvalue weighted by Crippen LogP contribution is 2.19. The van der Waals surface area contributed by atoms with Gasteiger partial charge in [-0.15, -0.1) is 0 Å². The van der Waals surface area contributed by atoms with Crippen molar-refractivity contribution in [2.45, 2.75) is 18.9 Å². The lowest BCUT2D eigenvalue weighted by Crippen LogP contribution is -2.67. The van der Waals surface area contributed by atoms with Crippen LogP contribution in [0.4, 0.5) is 4.39 Å². The second-order valence-corrected chi connectivity index (χ2v) is 4.67. The van der Waals surface area contributed by atoms with Crippen molar-refractivity contribution in [2.24, 2.45) is 5.73 Å². The standard InChI is InChI=1S/C12H15FN2O/c1-12(14)7-15(8-12)11(16)6-9-4-2-3-5-10(9)13/h2-5H,6-8,14H2,1H3. The average Bonchev–Trinajstić information content (AvgIpc) is 2.17. The van der Waals surface area contributed by atoms with Crippen LogP contribution in [0.5, 0.6) is 0 Å². The Hall–Kier alpha value is -1.42. The summed E-state index contributed by atoms with van der Waals surface area (Å²) in [6, 6.07) is 6.35. The highest BCUT2D eigenvalue weighted by Gasteiger charge is 2.37. The Kier molecular flexibility index (Phi) is 2.68. The van der Waals surface area contributed by atoms with E-state index >= 15 is 0 Å². The first-order valence-corrected chi connectivity index (χ1v) is 5.28. The summed E-state index contributed by atoms with van der Waals surface area (Å²) in [5, 5.41) is 0. The molecule has 3 nitrogen and oxygen atoms in total. The van der Waals surface area contributed by atoms with Gasteiger partial charge in [-0.05, 0) is 18.6 Å². The van der Waals surface area contributed by atoms with Crippen molar-refractivity contribution in [3.8, 4) is 0 Å². The summed E-state index contributed by atoms with van der Waals surface area (Å²) in [5.41, 5.74) is 5.97. The van der Waals surface area contributed by atoms with E-state index in [9.17, 15) is 9.18 Å². The van der Waals surface area contributed by atoms with Crippen molar-refractivity contribution >= 4 is 5.91 Å². The first-order valence-electron chi connectivity index (χ1n) is 5.28. The molecule has 0 aromatic heterocycles. The van der Waals surface area contributed by atoms with Gasteiger partial charge in [-0.1, -0.05) is 18.2 Å². The van der Waals surface area contributed by atoms with E-state index in [0.717, 1.165) is 0 Å². The number of carbonyl (C=O) groups is 1. The highest BCUT2D eigenvalue weighted by atomic mass is 19.1. The summed E-state index contributed by atoms with van der Waals surface area (Å²) in [4.78, 5) is 13.4. The number of hydrogen-bond donors (Lipinski definition) is 1. The molecule has 86 valence electrons. The number of benzene rings is 1. The summed E-state index contributed by atoms with van der Waals surface area (Å²) >= 11 is 0. The smallest absolute Gasteiger partial charge is 0.227 e. The first-order chi connectivity index (χ1) is 7.48. The summed E-state index contributed by atoms with van der Waals surface area (Å²) < 4.78 is 13.3. The highest BCUT2D eigenvalue weighted by molar-refractivity contribution is 5.80. The van der Waals surface area contributed by atoms with Gasteiger partial charge in [0.2, 0.25) is 5.91 Å². The minimum absolute atomic E-state index is 0.0620. The molecule has 0 spiro atoms. The van der Waals surface area contributed by atoms with Crippen LogP contribution in [0.15, 0.2) is 24.3 Å². The molecule has 2 N–H and O–H groups in total. The van der Waals surface area contributed by atoms with Gasteiger partial charge in [0.05, 0.1) is 6.42 Å². The Morgan fingerprint density at radius 2 is 2.12 bits per heavy atom. The fourth-order valence-corrected chi connectivity index (χ4v) is 1.92. The second kappa shape index (κ2) is 3.87. The third kappa shape index (κ3) is 2.22. The molecule has 0 bridgehead atoms. The van der Waals surface area contributed by atoms with Crippen molar-refractivity contribution in [1.82, 2.24) is 4.90 Å². The second-order valence-electron chi connectivity index (χ2n) is 4.67. The van der Waals surface area contributed by atoms with Crippen molar-refractivity contribution in [3.63, 3.8) is 0 Å². The predicted octanol–water partition coefficient (Wildman–Crippen LogP) is 0.928. The van der Waals surface area contributed by atoms with Gasteiger partial charge in [0.25, 0.3) is 0 Å². The van der Waals surface area contributed by atoms with Gasteiger partial charge in [0.15, 0.2) is 0 Å². The van der Waals surface area contributed by atoms with E-state index in [1.54, 1.807) is 23.1 Å². The number of hydrogen-bond acceptors (Lipinski definition) is 2. The van der Waals surface area contributed by atoms with E-state index in [4.69, 9.17) is 5.73 Å². The maximum atomic E-state index is 13.3. The monoisotopic (exact) mass is 222 g/mol. The van der Waals surface area contributed by atoms with Crippen molar-refractivity contribution in [2.75, 3.05) is 13.1 Å². The fraction of sp³-hybridized carbons (Fsp3) is 0.417. The summed E-state index contributed by atoms with van der Waals surface area (Å²) in [6.07, 6.45) is 0.114. The van der Waals surface area contributed by atoms with Gasteiger partial charge in [-0.25, -0.2) is 4.39 Å². The lowest BCUT2D eigenvalue weighted by molar-refractivity contribution is -0.137. The van der Waals surface area contributed by atoms with Crippen molar-refractivity contribution in [3.05, 3.63) is 35.6 Å². The Morgan fingerprint density at radius 1 is 1.50 bits per heavy atom. The number of amides is 1. The minimum atomic E-state index is -0.327. The van der Waals surface area contributed by atoms with E-state index < -0.39 is 0 Å². The molecule has 2 rings (SSSR count). The Balaban J connectivity index is 1.96. The molecule has 1 amide bonds. The molecule has 1 aliphatic rings. The average molecular weight is 222 g/mol. The molecule has 0 radical (unpaired) electrons. The zero-order valence-electron chi connectivity index (χ0n) is 9.24. The maximum Gasteiger partial charge on any atom is 0.227 e. The van der Waals surface area contributed by atoms with E-state index in [-0.39, 0.29) is 23.7 Å². The Labute approximate surface area is 94.0 Å². The summed E-state index contributed by atoms with van der Waals surface area (Å²) in [6.45, 7) is 3.01. The largest absolute Gasteiger partial charge is 0.339 e. The van der Waals surface area contributed by atoms with E-state index in [2.05, 4.69) is 0 Å². The maximum absolute atomic E-state index is 13.3. The lowest BCUT2D eigenvalue weighted by Gasteiger charge is -2.45. The molecule has 1 aliphatic heterocycles. The fourth-order valence-electron chi connectivity index (χ4n) is 1.92. The topological polar surface area (TPSA) is 46.3 Å². The minimum Gasteiger partial charge on any atom is -0.339 e. The van der Waals surface area contributed by atoms with Gasteiger partial charge in [-0.3, -0.25) is 4.79 Å². The van der Waals surface area contributed by atoms with Crippen LogP contribution in [0.1, 0.15) is 12.5 Å². The molecule has 0 saturated carbocycles. The van der Waals surface area contributed by atoms with Crippen LogP contribution in [-0.2, 0) is 11.2 Å². The van der Waals surface area contributed by atoms with Crippen molar-refractivity contribution < 1.29 is 9.18 Å². The van der Waals surface area contributed by atoms with Crippen LogP contribution < -0.4 is 5.73 Å². The number of carbonyl (C=O) groups excluding carboxylic acids is 1. The van der Waals surface area contributed by atoms with Crippen LogP contribution in [0.2, 0.25) is 0 Å². The van der Waals surface area contributed by atoms with Crippen LogP contribution in [0.25, 0.3) is 0 Å². The zero-order chi connectivity index (χ0) is 11.8. The molecular formula is C12H15FN2O. The molecule has 1 heterocycles. The molecular weight excluding hydrogens is 207 g/mol. The first kappa shape index (κ1) is 11.1. The van der Waals surface area contributed by atoms with Crippen LogP contribution in [0.3, 0.4) is 0 Å². The Bertz CT molecular complexity index is 409. The van der Waals surface area contributed by atoms with Gasteiger partial charge in [-0.2, -0.15) is 0 Å².